The van der Waals surface area contributed by atoms with Crippen LogP contribution in [0.1, 0.15) is 139 Å². The summed E-state index contributed by atoms with van der Waals surface area (Å²) in [6.07, 6.45) is 13.3. The van der Waals surface area contributed by atoms with Gasteiger partial charge >= 0.3 is 16.8 Å². The zero-order valence-corrected chi connectivity index (χ0v) is 32.6. The molecule has 0 amide bonds. The van der Waals surface area contributed by atoms with E-state index in [0.717, 1.165) is 98.4 Å². The smallest absolute Gasteiger partial charge is 1.00 e. The van der Waals surface area contributed by atoms with Gasteiger partial charge in [0.15, 0.2) is 0 Å². The molecule has 46 heavy (non-hydrogen) atoms. The summed E-state index contributed by atoms with van der Waals surface area (Å²) in [6.45, 7) is 17.8. The van der Waals surface area contributed by atoms with Crippen molar-refractivity contribution < 1.29 is 54.0 Å². The molecule has 0 saturated carbocycles. The Bertz CT molecular complexity index is 1230. The van der Waals surface area contributed by atoms with E-state index >= 15 is 0 Å². The maximum Gasteiger partial charge on any atom is 3.00 e. The molecule has 0 bridgehead atoms. The van der Waals surface area contributed by atoms with Crippen molar-refractivity contribution in [1.82, 2.24) is 4.98 Å². The van der Waals surface area contributed by atoms with Crippen LogP contribution in [0.3, 0.4) is 0 Å². The minimum Gasteiger partial charge on any atom is -1.00 e. The summed E-state index contributed by atoms with van der Waals surface area (Å²) < 4.78 is 0. The Morgan fingerprint density at radius 2 is 0.783 bits per heavy atom. The van der Waals surface area contributed by atoms with Crippen LogP contribution >= 0.6 is 0 Å². The van der Waals surface area contributed by atoms with Gasteiger partial charge in [0.25, 0.3) is 0 Å². The van der Waals surface area contributed by atoms with Crippen LogP contribution in [-0.2, 0) is 55.3 Å². The fourth-order valence-corrected chi connectivity index (χ4v) is 5.94. The number of halogens is 3. The van der Waals surface area contributed by atoms with Crippen LogP contribution < -0.4 is 37.2 Å². The Kier molecular flexibility index (Phi) is 24.7. The van der Waals surface area contributed by atoms with Crippen LogP contribution in [0.15, 0.2) is 52.4 Å². The van der Waals surface area contributed by atoms with Crippen molar-refractivity contribution in [3.05, 3.63) is 87.2 Å². The molecule has 2 aromatic carbocycles. The SMILES string of the molecule is CCCc1cc(CCC)c(N=C(C)c2cccc(C(C)=Nc3c(CCC)cc(CCC)cc3CCC)n2)c(CCC)c1.[Cl-].[Cl-].[Cl-].[Co+3]. The second-order valence-corrected chi connectivity index (χ2v) is 11.8. The Morgan fingerprint density at radius 1 is 0.500 bits per heavy atom. The van der Waals surface area contributed by atoms with Gasteiger partial charge in [0.1, 0.15) is 0 Å². The first-order chi connectivity index (χ1) is 20.4. The summed E-state index contributed by atoms with van der Waals surface area (Å²) in [5.41, 5.74) is 14.5. The van der Waals surface area contributed by atoms with Crippen molar-refractivity contribution in [1.29, 1.82) is 0 Å². The molecule has 0 atom stereocenters. The van der Waals surface area contributed by atoms with Crippen molar-refractivity contribution in [2.45, 2.75) is 132 Å². The molecule has 1 aromatic heterocycles. The minimum absolute atomic E-state index is 0. The van der Waals surface area contributed by atoms with Crippen molar-refractivity contribution in [2.24, 2.45) is 9.98 Å². The maximum atomic E-state index is 5.27. The summed E-state index contributed by atoms with van der Waals surface area (Å²) >= 11 is 0. The first kappa shape index (κ1) is 46.4. The Balaban J connectivity index is 0. The molecule has 3 rings (SSSR count). The van der Waals surface area contributed by atoms with E-state index < -0.39 is 0 Å². The third kappa shape index (κ3) is 13.1. The van der Waals surface area contributed by atoms with E-state index in [9.17, 15) is 0 Å². The molecule has 0 spiro atoms. The second kappa shape index (κ2) is 24.4. The van der Waals surface area contributed by atoms with Crippen LogP contribution in [0, 0.1) is 0 Å². The minimum atomic E-state index is 0. The molecule has 0 fully saturated rings. The Hall–Kier alpha value is -1.69. The van der Waals surface area contributed by atoms with Gasteiger partial charge in [0.05, 0.1) is 34.2 Å². The molecule has 0 unspecified atom stereocenters. The summed E-state index contributed by atoms with van der Waals surface area (Å²) in [7, 11) is 0. The maximum absolute atomic E-state index is 5.27. The normalized spacial score (nSPS) is 11.2. The molecule has 0 aliphatic rings. The summed E-state index contributed by atoms with van der Waals surface area (Å²) in [5, 5.41) is 0. The average molecular weight is 731 g/mol. The van der Waals surface area contributed by atoms with Gasteiger partial charge in [0.2, 0.25) is 0 Å². The topological polar surface area (TPSA) is 37.6 Å². The molecular formula is C39H55Cl3CoN3. The van der Waals surface area contributed by atoms with Gasteiger partial charge in [-0.3, -0.25) is 9.98 Å². The largest absolute Gasteiger partial charge is 3.00 e. The number of nitrogens with zero attached hydrogens (tertiary/aromatic N) is 3. The zero-order valence-electron chi connectivity index (χ0n) is 29.3. The third-order valence-electron chi connectivity index (χ3n) is 7.86. The van der Waals surface area contributed by atoms with E-state index in [1.807, 2.05) is 0 Å². The Labute approximate surface area is 309 Å². The molecule has 7 heteroatoms. The van der Waals surface area contributed by atoms with Crippen molar-refractivity contribution in [2.75, 3.05) is 0 Å². The fraction of sp³-hybridized carbons (Fsp3) is 0.513. The van der Waals surface area contributed by atoms with Gasteiger partial charge in [-0.05, 0) is 97.9 Å². The summed E-state index contributed by atoms with van der Waals surface area (Å²) in [6, 6.07) is 15.9. The summed E-state index contributed by atoms with van der Waals surface area (Å²) in [4.78, 5) is 15.6. The number of rotatable bonds is 16. The number of aromatic nitrogens is 1. The molecule has 0 N–H and O–H groups in total. The van der Waals surface area contributed by atoms with Crippen LogP contribution in [0.5, 0.6) is 0 Å². The van der Waals surface area contributed by atoms with E-state index in [1.165, 1.54) is 46.2 Å². The van der Waals surface area contributed by atoms with Gasteiger partial charge in [-0.15, -0.1) is 0 Å². The number of benzene rings is 2. The standard InChI is InChI=1S/C39H55N3.3ClH.Co/c1-9-16-30-24-32(18-11-3)38(33(25-30)19-12-4)40-28(7)36-22-15-23-37(42-36)29(8)41-39-34(20-13-5)26-31(17-10-2)27-35(39)21-14-6;;;;/h15,22-27H,9-14,16-21H2,1-8H3;3*1H;/q;;;;+3/p-3. The fourth-order valence-electron chi connectivity index (χ4n) is 5.94. The zero-order chi connectivity index (χ0) is 30.5. The van der Waals surface area contributed by atoms with E-state index in [2.05, 4.69) is 97.9 Å². The molecule has 256 valence electrons. The van der Waals surface area contributed by atoms with Crippen molar-refractivity contribution in [3.63, 3.8) is 0 Å². The molecule has 3 nitrogen and oxygen atoms in total. The van der Waals surface area contributed by atoms with E-state index in [-0.39, 0.29) is 54.0 Å². The van der Waals surface area contributed by atoms with Gasteiger partial charge in [-0.1, -0.05) is 110 Å². The molecular weight excluding hydrogens is 676 g/mol. The number of aryl methyl sites for hydroxylation is 6. The van der Waals surface area contributed by atoms with Gasteiger partial charge in [0, 0.05) is 0 Å². The monoisotopic (exact) mass is 729 g/mol. The number of pyridine rings is 1. The number of aliphatic imine (C=N–C) groups is 2. The second-order valence-electron chi connectivity index (χ2n) is 11.8. The first-order valence-corrected chi connectivity index (χ1v) is 16.8. The van der Waals surface area contributed by atoms with Crippen molar-refractivity contribution >= 4 is 22.8 Å². The van der Waals surface area contributed by atoms with E-state index in [1.54, 1.807) is 0 Å². The van der Waals surface area contributed by atoms with Gasteiger partial charge in [-0.25, -0.2) is 4.98 Å². The summed E-state index contributed by atoms with van der Waals surface area (Å²) in [5.74, 6) is 0. The van der Waals surface area contributed by atoms with Crippen LogP contribution in [0.2, 0.25) is 0 Å². The molecule has 3 aromatic rings. The number of hydrogen-bond donors (Lipinski definition) is 0. The predicted octanol–water partition coefficient (Wildman–Crippen LogP) is 2.09. The predicted molar refractivity (Wildman–Crippen MR) is 185 cm³/mol. The van der Waals surface area contributed by atoms with E-state index in [0.29, 0.717) is 0 Å². The van der Waals surface area contributed by atoms with Gasteiger partial charge in [-0.2, -0.15) is 0 Å². The van der Waals surface area contributed by atoms with Gasteiger partial charge < -0.3 is 37.2 Å². The quantitative estimate of drug-likeness (QED) is 0.208. The Morgan fingerprint density at radius 3 is 1.04 bits per heavy atom. The molecule has 0 radical (unpaired) electrons. The number of hydrogen-bond acceptors (Lipinski definition) is 3. The van der Waals surface area contributed by atoms with Crippen LogP contribution in [0.25, 0.3) is 0 Å². The third-order valence-corrected chi connectivity index (χ3v) is 7.86. The van der Waals surface area contributed by atoms with Crippen molar-refractivity contribution in [3.8, 4) is 0 Å². The molecule has 0 saturated heterocycles. The first-order valence-electron chi connectivity index (χ1n) is 16.8. The van der Waals surface area contributed by atoms with Crippen LogP contribution in [-0.4, -0.2) is 16.4 Å². The molecule has 1 heterocycles. The average Bonchev–Trinajstić information content (AvgIpc) is 2.97. The van der Waals surface area contributed by atoms with E-state index in [4.69, 9.17) is 15.0 Å². The molecule has 0 aliphatic carbocycles. The van der Waals surface area contributed by atoms with Crippen LogP contribution in [0.4, 0.5) is 11.4 Å². The molecule has 0 aliphatic heterocycles.